The van der Waals surface area contributed by atoms with Crippen LogP contribution in [0.1, 0.15) is 23.2 Å². The van der Waals surface area contributed by atoms with Gasteiger partial charge in [-0.15, -0.1) is 12.4 Å². The summed E-state index contributed by atoms with van der Waals surface area (Å²) in [4.78, 5) is 14.3. The first-order valence-corrected chi connectivity index (χ1v) is 7.00. The van der Waals surface area contributed by atoms with Crippen LogP contribution in [0.4, 0.5) is 4.39 Å². The second-order valence-corrected chi connectivity index (χ2v) is 5.68. The molecule has 2 unspecified atom stereocenters. The molecular formula is C14H17Cl2FN2O. The highest BCUT2D eigenvalue weighted by molar-refractivity contribution is 6.33. The molecular weight excluding hydrogens is 302 g/mol. The number of rotatable bonds is 1. The van der Waals surface area contributed by atoms with Crippen LogP contribution in [0.25, 0.3) is 0 Å². The normalized spacial score (nSPS) is 25.0. The van der Waals surface area contributed by atoms with Crippen molar-refractivity contribution in [3.8, 4) is 0 Å². The Hall–Kier alpha value is -0.840. The van der Waals surface area contributed by atoms with Crippen molar-refractivity contribution < 1.29 is 9.18 Å². The molecule has 0 bridgehead atoms. The molecule has 1 aromatic carbocycles. The Balaban J connectivity index is 0.00000147. The smallest absolute Gasteiger partial charge is 0.255 e. The number of likely N-dealkylation sites (tertiary alicyclic amines) is 1. The molecule has 20 heavy (non-hydrogen) atoms. The van der Waals surface area contributed by atoms with Crippen molar-refractivity contribution in [1.29, 1.82) is 0 Å². The SMILES string of the molecule is Cl.O=C(c1ccc(F)cc1Cl)N1CCC2NCCC2C1. The molecule has 0 spiro atoms. The second kappa shape index (κ2) is 6.29. The standard InChI is InChI=1S/C14H16ClFN2O.ClH/c15-12-7-10(16)1-2-11(12)14(19)18-6-4-13-9(8-18)3-5-17-13;/h1-2,7,9,13,17H,3-6,8H2;1H. The van der Waals surface area contributed by atoms with Crippen LogP contribution in [-0.2, 0) is 0 Å². The van der Waals surface area contributed by atoms with Gasteiger partial charge in [-0.2, -0.15) is 0 Å². The lowest BCUT2D eigenvalue weighted by Crippen LogP contribution is -2.46. The van der Waals surface area contributed by atoms with Crippen LogP contribution in [0.15, 0.2) is 18.2 Å². The van der Waals surface area contributed by atoms with Gasteiger partial charge in [-0.1, -0.05) is 11.6 Å². The number of hydrogen-bond donors (Lipinski definition) is 1. The molecule has 2 fully saturated rings. The van der Waals surface area contributed by atoms with Gasteiger partial charge < -0.3 is 10.2 Å². The van der Waals surface area contributed by atoms with Gasteiger partial charge in [-0.3, -0.25) is 4.79 Å². The summed E-state index contributed by atoms with van der Waals surface area (Å²) in [6.07, 6.45) is 2.10. The van der Waals surface area contributed by atoms with Gasteiger partial charge in [0.15, 0.2) is 0 Å². The third kappa shape index (κ3) is 2.92. The van der Waals surface area contributed by atoms with Gasteiger partial charge in [0.25, 0.3) is 5.91 Å². The van der Waals surface area contributed by atoms with Gasteiger partial charge in [-0.25, -0.2) is 4.39 Å². The third-order valence-electron chi connectivity index (χ3n) is 4.10. The van der Waals surface area contributed by atoms with Crippen LogP contribution in [0, 0.1) is 11.7 Å². The lowest BCUT2D eigenvalue weighted by atomic mass is 9.93. The fraction of sp³-hybridized carbons (Fsp3) is 0.500. The Bertz CT molecular complexity index is 512. The molecule has 3 nitrogen and oxygen atoms in total. The summed E-state index contributed by atoms with van der Waals surface area (Å²) in [6.45, 7) is 2.54. The Morgan fingerprint density at radius 3 is 2.95 bits per heavy atom. The monoisotopic (exact) mass is 318 g/mol. The van der Waals surface area contributed by atoms with E-state index in [9.17, 15) is 9.18 Å². The van der Waals surface area contributed by atoms with Crippen molar-refractivity contribution >= 4 is 29.9 Å². The van der Waals surface area contributed by atoms with Crippen LogP contribution in [0.5, 0.6) is 0 Å². The lowest BCUT2D eigenvalue weighted by molar-refractivity contribution is 0.0662. The van der Waals surface area contributed by atoms with Crippen LogP contribution < -0.4 is 5.32 Å². The number of nitrogens with zero attached hydrogens (tertiary/aromatic N) is 1. The summed E-state index contributed by atoms with van der Waals surface area (Å²) in [6, 6.07) is 4.49. The van der Waals surface area contributed by atoms with Gasteiger partial charge in [0.1, 0.15) is 5.82 Å². The van der Waals surface area contributed by atoms with Crippen molar-refractivity contribution in [3.63, 3.8) is 0 Å². The van der Waals surface area contributed by atoms with E-state index in [2.05, 4.69) is 5.32 Å². The maximum absolute atomic E-state index is 13.0. The molecule has 2 aliphatic heterocycles. The molecule has 0 aliphatic carbocycles. The van der Waals surface area contributed by atoms with E-state index in [1.807, 2.05) is 4.90 Å². The van der Waals surface area contributed by atoms with Crippen molar-refractivity contribution in [3.05, 3.63) is 34.6 Å². The third-order valence-corrected chi connectivity index (χ3v) is 4.42. The molecule has 6 heteroatoms. The summed E-state index contributed by atoms with van der Waals surface area (Å²) in [5, 5.41) is 3.65. The molecule has 0 saturated carbocycles. The lowest BCUT2D eigenvalue weighted by Gasteiger charge is -2.35. The summed E-state index contributed by atoms with van der Waals surface area (Å²) in [5.74, 6) is 0.0347. The Labute approximate surface area is 128 Å². The largest absolute Gasteiger partial charge is 0.338 e. The summed E-state index contributed by atoms with van der Waals surface area (Å²) < 4.78 is 13.0. The van der Waals surface area contributed by atoms with Crippen molar-refractivity contribution in [1.82, 2.24) is 10.2 Å². The molecule has 2 saturated heterocycles. The van der Waals surface area contributed by atoms with Crippen molar-refractivity contribution in [2.75, 3.05) is 19.6 Å². The predicted octanol–water partition coefficient (Wildman–Crippen LogP) is 2.72. The average Bonchev–Trinajstić information content (AvgIpc) is 2.85. The first-order valence-electron chi connectivity index (χ1n) is 6.63. The van der Waals surface area contributed by atoms with E-state index < -0.39 is 5.82 Å². The summed E-state index contributed by atoms with van der Waals surface area (Å²) in [7, 11) is 0. The van der Waals surface area contributed by atoms with E-state index in [1.54, 1.807) is 0 Å². The molecule has 1 aromatic rings. The van der Waals surface area contributed by atoms with Crippen LogP contribution in [-0.4, -0.2) is 36.5 Å². The summed E-state index contributed by atoms with van der Waals surface area (Å²) in [5.41, 5.74) is 0.396. The van der Waals surface area contributed by atoms with E-state index >= 15 is 0 Å². The zero-order valence-corrected chi connectivity index (χ0v) is 12.5. The Kier molecular flexibility index (Phi) is 4.89. The summed E-state index contributed by atoms with van der Waals surface area (Å²) >= 11 is 5.96. The second-order valence-electron chi connectivity index (χ2n) is 5.27. The molecule has 2 aliphatic rings. The molecule has 2 atom stereocenters. The minimum Gasteiger partial charge on any atom is -0.338 e. The van der Waals surface area contributed by atoms with E-state index in [0.29, 0.717) is 17.5 Å². The number of carbonyl (C=O) groups is 1. The number of halogens is 3. The fourth-order valence-electron chi connectivity index (χ4n) is 3.07. The minimum atomic E-state index is -0.416. The molecule has 1 N–H and O–H groups in total. The average molecular weight is 319 g/mol. The van der Waals surface area contributed by atoms with Gasteiger partial charge in [0, 0.05) is 19.1 Å². The van der Waals surface area contributed by atoms with Crippen molar-refractivity contribution in [2.24, 2.45) is 5.92 Å². The number of benzene rings is 1. The highest BCUT2D eigenvalue weighted by Gasteiger charge is 2.34. The number of amides is 1. The topological polar surface area (TPSA) is 32.3 Å². The van der Waals surface area contributed by atoms with E-state index in [1.165, 1.54) is 18.2 Å². The van der Waals surface area contributed by atoms with Gasteiger partial charge in [-0.05, 0) is 43.5 Å². The van der Waals surface area contributed by atoms with Gasteiger partial charge in [0.2, 0.25) is 0 Å². The van der Waals surface area contributed by atoms with E-state index in [0.717, 1.165) is 32.5 Å². The van der Waals surface area contributed by atoms with Crippen LogP contribution >= 0.6 is 24.0 Å². The quantitative estimate of drug-likeness (QED) is 0.863. The van der Waals surface area contributed by atoms with E-state index in [-0.39, 0.29) is 23.3 Å². The minimum absolute atomic E-state index is 0. The molecule has 0 radical (unpaired) electrons. The van der Waals surface area contributed by atoms with Gasteiger partial charge in [0.05, 0.1) is 10.6 Å². The maximum atomic E-state index is 13.0. The molecule has 0 aromatic heterocycles. The number of carbonyl (C=O) groups excluding carboxylic acids is 1. The van der Waals surface area contributed by atoms with Crippen molar-refractivity contribution in [2.45, 2.75) is 18.9 Å². The van der Waals surface area contributed by atoms with E-state index in [4.69, 9.17) is 11.6 Å². The Morgan fingerprint density at radius 1 is 1.40 bits per heavy atom. The number of nitrogens with one attached hydrogen (secondary N) is 1. The zero-order valence-electron chi connectivity index (χ0n) is 10.9. The molecule has 2 heterocycles. The number of fused-ring (bicyclic) bond motifs is 1. The van der Waals surface area contributed by atoms with Crippen LogP contribution in [0.2, 0.25) is 5.02 Å². The van der Waals surface area contributed by atoms with Crippen LogP contribution in [0.3, 0.4) is 0 Å². The maximum Gasteiger partial charge on any atom is 0.255 e. The number of hydrogen-bond acceptors (Lipinski definition) is 2. The highest BCUT2D eigenvalue weighted by Crippen LogP contribution is 2.27. The number of piperidine rings is 1. The molecule has 3 rings (SSSR count). The molecule has 110 valence electrons. The first kappa shape index (κ1) is 15.5. The Morgan fingerprint density at radius 2 is 2.20 bits per heavy atom. The zero-order chi connectivity index (χ0) is 13.4. The molecule has 1 amide bonds. The predicted molar refractivity (Wildman–Crippen MR) is 79.1 cm³/mol. The highest BCUT2D eigenvalue weighted by atomic mass is 35.5. The first-order chi connectivity index (χ1) is 9.15. The van der Waals surface area contributed by atoms with Gasteiger partial charge >= 0.3 is 0 Å². The fourth-order valence-corrected chi connectivity index (χ4v) is 3.31.